The van der Waals surface area contributed by atoms with E-state index in [1.807, 2.05) is 13.8 Å². The number of amides is 1. The van der Waals surface area contributed by atoms with Crippen LogP contribution in [0.3, 0.4) is 0 Å². The second kappa shape index (κ2) is 8.22. The molecule has 1 N–H and O–H groups in total. The van der Waals surface area contributed by atoms with E-state index in [2.05, 4.69) is 15.5 Å². The molecule has 0 spiro atoms. The highest BCUT2D eigenvalue weighted by Gasteiger charge is 2.29. The molecule has 3 rings (SSSR count). The van der Waals surface area contributed by atoms with Crippen molar-refractivity contribution in [2.45, 2.75) is 50.7 Å². The monoisotopic (exact) mass is 395 g/mol. The maximum absolute atomic E-state index is 12.3. The van der Waals surface area contributed by atoms with E-state index in [1.54, 1.807) is 13.0 Å². The lowest BCUT2D eigenvalue weighted by molar-refractivity contribution is -0.113. The van der Waals surface area contributed by atoms with Crippen molar-refractivity contribution >= 4 is 40.0 Å². The van der Waals surface area contributed by atoms with Crippen molar-refractivity contribution < 1.29 is 18.7 Å². The number of esters is 1. The van der Waals surface area contributed by atoms with Crippen molar-refractivity contribution in [3.63, 3.8) is 0 Å². The molecule has 2 aromatic heterocycles. The van der Waals surface area contributed by atoms with Crippen LogP contribution in [0.15, 0.2) is 15.7 Å². The van der Waals surface area contributed by atoms with Gasteiger partial charge >= 0.3 is 5.97 Å². The summed E-state index contributed by atoms with van der Waals surface area (Å²) in [7, 11) is 0. The number of anilines is 1. The molecule has 1 amide bonds. The first kappa shape index (κ1) is 18.9. The number of carbonyl (C=O) groups excluding carboxylic acids is 2. The molecule has 1 aliphatic rings. The van der Waals surface area contributed by atoms with Crippen LogP contribution in [0.5, 0.6) is 0 Å². The lowest BCUT2D eigenvalue weighted by atomic mass is 10.1. The van der Waals surface area contributed by atoms with Crippen molar-refractivity contribution in [2.75, 3.05) is 17.7 Å². The van der Waals surface area contributed by atoms with Gasteiger partial charge in [-0.05, 0) is 31.7 Å². The summed E-state index contributed by atoms with van der Waals surface area (Å²) in [6.07, 6.45) is 2.17. The van der Waals surface area contributed by atoms with Gasteiger partial charge in [0.1, 0.15) is 5.00 Å². The molecule has 0 unspecified atom stereocenters. The first-order chi connectivity index (χ1) is 12.5. The van der Waals surface area contributed by atoms with Gasteiger partial charge in [0.2, 0.25) is 11.8 Å². The summed E-state index contributed by atoms with van der Waals surface area (Å²) in [5.41, 5.74) is 0.396. The van der Waals surface area contributed by atoms with Crippen LogP contribution in [0.25, 0.3) is 0 Å². The Balaban J connectivity index is 1.62. The Hall–Kier alpha value is -1.87. The second-order valence-electron chi connectivity index (χ2n) is 6.28. The Morgan fingerprint density at radius 3 is 2.85 bits per heavy atom. The molecule has 9 heteroatoms. The highest BCUT2D eigenvalue weighted by Crippen LogP contribution is 2.40. The number of nitrogens with zero attached hydrogens (tertiary/aromatic N) is 2. The van der Waals surface area contributed by atoms with Crippen LogP contribution >= 0.6 is 23.1 Å². The Kier molecular flexibility index (Phi) is 5.98. The SMILES string of the molecule is CCOC(=O)c1cc(C(C)C)sc1NC(=O)CSc1nnc(C2CC2)o1. The van der Waals surface area contributed by atoms with E-state index in [0.717, 1.165) is 17.7 Å². The molecule has 0 aliphatic heterocycles. The summed E-state index contributed by atoms with van der Waals surface area (Å²) in [6.45, 7) is 6.11. The molecule has 0 aromatic carbocycles. The molecule has 0 atom stereocenters. The minimum Gasteiger partial charge on any atom is -0.462 e. The number of aromatic nitrogens is 2. The van der Waals surface area contributed by atoms with Gasteiger partial charge in [-0.1, -0.05) is 25.6 Å². The number of hydrogen-bond donors (Lipinski definition) is 1. The lowest BCUT2D eigenvalue weighted by Crippen LogP contribution is -2.15. The van der Waals surface area contributed by atoms with Crippen LogP contribution < -0.4 is 5.32 Å². The normalized spacial score (nSPS) is 13.8. The quantitative estimate of drug-likeness (QED) is 0.532. The maximum atomic E-state index is 12.3. The van der Waals surface area contributed by atoms with E-state index in [0.29, 0.717) is 27.6 Å². The molecule has 2 aromatic rings. The van der Waals surface area contributed by atoms with Crippen molar-refractivity contribution in [3.8, 4) is 0 Å². The number of hydrogen-bond acceptors (Lipinski definition) is 8. The molecular formula is C17H21N3O4S2. The molecule has 140 valence electrons. The minimum absolute atomic E-state index is 0.128. The highest BCUT2D eigenvalue weighted by molar-refractivity contribution is 7.99. The smallest absolute Gasteiger partial charge is 0.341 e. The van der Waals surface area contributed by atoms with Gasteiger partial charge in [-0.15, -0.1) is 21.5 Å². The van der Waals surface area contributed by atoms with Gasteiger partial charge in [-0.3, -0.25) is 4.79 Å². The third kappa shape index (κ3) is 4.64. The van der Waals surface area contributed by atoms with Crippen molar-refractivity contribution in [1.29, 1.82) is 0 Å². The standard InChI is InChI=1S/C17H21N3O4S2/c1-4-23-16(22)11-7-12(9(2)3)26-15(11)18-13(21)8-25-17-20-19-14(24-17)10-5-6-10/h7,9-10H,4-6,8H2,1-3H3,(H,18,21). The van der Waals surface area contributed by atoms with Gasteiger partial charge in [-0.2, -0.15) is 0 Å². The van der Waals surface area contributed by atoms with Crippen LogP contribution in [0.2, 0.25) is 0 Å². The summed E-state index contributed by atoms with van der Waals surface area (Å²) in [4.78, 5) is 25.4. The predicted octanol–water partition coefficient (Wildman–Crippen LogP) is 4.04. The summed E-state index contributed by atoms with van der Waals surface area (Å²) in [5, 5.41) is 11.7. The molecule has 0 bridgehead atoms. The molecule has 1 fully saturated rings. The van der Waals surface area contributed by atoms with Gasteiger partial charge < -0.3 is 14.5 Å². The number of thiophene rings is 1. The Morgan fingerprint density at radius 1 is 1.42 bits per heavy atom. The zero-order chi connectivity index (χ0) is 18.7. The molecule has 0 radical (unpaired) electrons. The zero-order valence-corrected chi connectivity index (χ0v) is 16.5. The highest BCUT2D eigenvalue weighted by atomic mass is 32.2. The number of thioether (sulfide) groups is 1. The van der Waals surface area contributed by atoms with E-state index in [-0.39, 0.29) is 24.2 Å². The molecule has 2 heterocycles. The maximum Gasteiger partial charge on any atom is 0.341 e. The third-order valence-corrected chi connectivity index (χ3v) is 5.91. The van der Waals surface area contributed by atoms with E-state index >= 15 is 0 Å². The van der Waals surface area contributed by atoms with Gasteiger partial charge in [0.05, 0.1) is 17.9 Å². The fraction of sp³-hybridized carbons (Fsp3) is 0.529. The Morgan fingerprint density at radius 2 is 2.19 bits per heavy atom. The molecular weight excluding hydrogens is 374 g/mol. The number of carbonyl (C=O) groups is 2. The molecule has 1 aliphatic carbocycles. The van der Waals surface area contributed by atoms with Crippen LogP contribution in [0, 0.1) is 0 Å². The lowest BCUT2D eigenvalue weighted by Gasteiger charge is -2.05. The van der Waals surface area contributed by atoms with Crippen LogP contribution in [-0.2, 0) is 9.53 Å². The van der Waals surface area contributed by atoms with Crippen LogP contribution in [0.4, 0.5) is 5.00 Å². The van der Waals surface area contributed by atoms with E-state index in [1.165, 1.54) is 23.1 Å². The average molecular weight is 396 g/mol. The van der Waals surface area contributed by atoms with Crippen molar-refractivity contribution in [2.24, 2.45) is 0 Å². The molecule has 26 heavy (non-hydrogen) atoms. The van der Waals surface area contributed by atoms with E-state index in [4.69, 9.17) is 9.15 Å². The Bertz CT molecular complexity index is 796. The van der Waals surface area contributed by atoms with Crippen LogP contribution in [0.1, 0.15) is 66.6 Å². The molecule has 7 nitrogen and oxygen atoms in total. The first-order valence-electron chi connectivity index (χ1n) is 8.54. The van der Waals surface area contributed by atoms with Gasteiger partial charge in [0.15, 0.2) is 0 Å². The van der Waals surface area contributed by atoms with Crippen molar-refractivity contribution in [1.82, 2.24) is 10.2 Å². The number of ether oxygens (including phenoxy) is 1. The fourth-order valence-corrected chi connectivity index (χ4v) is 3.85. The zero-order valence-electron chi connectivity index (χ0n) is 14.9. The van der Waals surface area contributed by atoms with E-state index < -0.39 is 5.97 Å². The topological polar surface area (TPSA) is 94.3 Å². The second-order valence-corrected chi connectivity index (χ2v) is 8.29. The van der Waals surface area contributed by atoms with Gasteiger partial charge in [-0.25, -0.2) is 4.79 Å². The van der Waals surface area contributed by atoms with Crippen LogP contribution in [-0.4, -0.2) is 34.4 Å². The van der Waals surface area contributed by atoms with E-state index in [9.17, 15) is 9.59 Å². The fourth-order valence-electron chi connectivity index (χ4n) is 2.21. The number of nitrogens with one attached hydrogen (secondary N) is 1. The summed E-state index contributed by atoms with van der Waals surface area (Å²) >= 11 is 2.58. The summed E-state index contributed by atoms with van der Waals surface area (Å²) in [6, 6.07) is 1.79. The first-order valence-corrected chi connectivity index (χ1v) is 10.3. The van der Waals surface area contributed by atoms with Gasteiger partial charge in [0.25, 0.3) is 5.22 Å². The average Bonchev–Trinajstić information content (AvgIpc) is 3.18. The number of rotatable bonds is 8. The summed E-state index contributed by atoms with van der Waals surface area (Å²) in [5.74, 6) is 0.764. The molecule has 0 saturated heterocycles. The Labute approximate surface area is 159 Å². The van der Waals surface area contributed by atoms with Crippen molar-refractivity contribution in [3.05, 3.63) is 22.4 Å². The predicted molar refractivity (Wildman–Crippen MR) is 100.0 cm³/mol. The largest absolute Gasteiger partial charge is 0.462 e. The third-order valence-electron chi connectivity index (χ3n) is 3.74. The molecule has 1 saturated carbocycles. The van der Waals surface area contributed by atoms with Gasteiger partial charge in [0, 0.05) is 10.8 Å². The summed E-state index contributed by atoms with van der Waals surface area (Å²) < 4.78 is 10.6. The minimum atomic E-state index is -0.426.